The third-order valence-corrected chi connectivity index (χ3v) is 3.15. The van der Waals surface area contributed by atoms with Gasteiger partial charge in [0, 0.05) is 25.8 Å². The zero-order valence-electron chi connectivity index (χ0n) is 11.8. The molecule has 116 valence electrons. The van der Waals surface area contributed by atoms with Crippen LogP contribution in [0.1, 0.15) is 5.56 Å². The monoisotopic (exact) mass is 301 g/mol. The smallest absolute Gasteiger partial charge is 0.370 e. The maximum absolute atomic E-state index is 11.9. The first-order chi connectivity index (χ1) is 10.0. The van der Waals surface area contributed by atoms with E-state index in [4.69, 9.17) is 0 Å². The predicted molar refractivity (Wildman–Crippen MR) is 75.7 cm³/mol. The van der Waals surface area contributed by atoms with Crippen molar-refractivity contribution < 1.29 is 17.9 Å². The van der Waals surface area contributed by atoms with Crippen LogP contribution in [0, 0.1) is 0 Å². The summed E-state index contributed by atoms with van der Waals surface area (Å²) in [5.41, 5.74) is 2.33. The first-order valence-electron chi connectivity index (χ1n) is 6.72. The minimum Gasteiger partial charge on any atom is -0.370 e. The summed E-state index contributed by atoms with van der Waals surface area (Å²) >= 11 is 0. The minimum atomic E-state index is -4.28. The lowest BCUT2D eigenvalue weighted by Gasteiger charge is -2.22. The maximum Gasteiger partial charge on any atom is 0.411 e. The molecule has 1 aliphatic rings. The van der Waals surface area contributed by atoms with Gasteiger partial charge in [0.15, 0.2) is 5.96 Å². The molecule has 0 radical (unpaired) electrons. The van der Waals surface area contributed by atoms with Crippen LogP contribution in [0.3, 0.4) is 0 Å². The molecule has 0 unspecified atom stereocenters. The Morgan fingerprint density at radius 1 is 1.38 bits per heavy atom. The second-order valence-electron chi connectivity index (χ2n) is 4.67. The summed E-state index contributed by atoms with van der Waals surface area (Å²) in [6, 6.07) is 8.02. The van der Waals surface area contributed by atoms with Gasteiger partial charge in [0.05, 0.1) is 6.61 Å². The highest BCUT2D eigenvalue weighted by Crippen LogP contribution is 2.27. The number of aliphatic imine (C=N–C) groups is 1. The molecule has 21 heavy (non-hydrogen) atoms. The van der Waals surface area contributed by atoms with E-state index in [9.17, 15) is 13.2 Å². The Morgan fingerprint density at radius 2 is 2.14 bits per heavy atom. The van der Waals surface area contributed by atoms with Crippen LogP contribution in [0.15, 0.2) is 29.3 Å². The maximum atomic E-state index is 11.9. The summed E-state index contributed by atoms with van der Waals surface area (Å²) in [7, 11) is 1.65. The van der Waals surface area contributed by atoms with E-state index in [2.05, 4.69) is 21.1 Å². The third kappa shape index (κ3) is 4.35. The molecule has 0 aliphatic carbocycles. The van der Waals surface area contributed by atoms with E-state index in [1.54, 1.807) is 7.05 Å². The number of benzene rings is 1. The second-order valence-corrected chi connectivity index (χ2v) is 4.67. The van der Waals surface area contributed by atoms with E-state index < -0.39 is 12.8 Å². The standard InChI is InChI=1S/C14H18F3N3O/c1-18-13(19-7-9-21-10-14(15,16)17)20-8-6-11-4-2-3-5-12(11)20/h2-5H,6-10H2,1H3,(H,18,19). The molecule has 0 bridgehead atoms. The van der Waals surface area contributed by atoms with Crippen LogP contribution in [0.25, 0.3) is 0 Å². The molecule has 0 fully saturated rings. The summed E-state index contributed by atoms with van der Waals surface area (Å²) < 4.78 is 40.4. The van der Waals surface area contributed by atoms with Gasteiger partial charge in [-0.25, -0.2) is 0 Å². The minimum absolute atomic E-state index is 0.0198. The van der Waals surface area contributed by atoms with Gasteiger partial charge >= 0.3 is 6.18 Å². The number of anilines is 1. The molecule has 0 spiro atoms. The predicted octanol–water partition coefficient (Wildman–Crippen LogP) is 2.20. The van der Waals surface area contributed by atoms with E-state index in [0.717, 1.165) is 18.7 Å². The van der Waals surface area contributed by atoms with Crippen LogP contribution < -0.4 is 10.2 Å². The van der Waals surface area contributed by atoms with Gasteiger partial charge in [-0.1, -0.05) is 18.2 Å². The van der Waals surface area contributed by atoms with Crippen LogP contribution in [0.5, 0.6) is 0 Å². The largest absolute Gasteiger partial charge is 0.411 e. The highest BCUT2D eigenvalue weighted by atomic mass is 19.4. The van der Waals surface area contributed by atoms with Crippen molar-refractivity contribution in [2.24, 2.45) is 4.99 Å². The molecule has 0 saturated heterocycles. The van der Waals surface area contributed by atoms with Gasteiger partial charge in [0.2, 0.25) is 0 Å². The second kappa shape index (κ2) is 6.80. The molecule has 1 aromatic rings. The lowest BCUT2D eigenvalue weighted by molar-refractivity contribution is -0.173. The number of halogens is 3. The number of hydrogen-bond acceptors (Lipinski definition) is 2. The quantitative estimate of drug-likeness (QED) is 0.526. The molecule has 0 saturated carbocycles. The molecule has 2 rings (SSSR count). The van der Waals surface area contributed by atoms with Crippen LogP contribution in [-0.2, 0) is 11.2 Å². The average Bonchev–Trinajstić information content (AvgIpc) is 2.86. The Balaban J connectivity index is 1.83. The van der Waals surface area contributed by atoms with Crippen molar-refractivity contribution in [3.8, 4) is 0 Å². The molecule has 0 amide bonds. The third-order valence-electron chi connectivity index (χ3n) is 3.15. The van der Waals surface area contributed by atoms with Crippen molar-refractivity contribution in [2.75, 3.05) is 38.3 Å². The molecule has 0 atom stereocenters. The van der Waals surface area contributed by atoms with E-state index in [1.165, 1.54) is 5.56 Å². The molecule has 1 N–H and O–H groups in total. The van der Waals surface area contributed by atoms with Gasteiger partial charge in [-0.2, -0.15) is 13.2 Å². The average molecular weight is 301 g/mol. The summed E-state index contributed by atoms with van der Waals surface area (Å²) in [5, 5.41) is 3.02. The zero-order valence-corrected chi connectivity index (χ0v) is 11.8. The molecule has 7 heteroatoms. The van der Waals surface area contributed by atoms with Crippen molar-refractivity contribution in [3.63, 3.8) is 0 Å². The van der Waals surface area contributed by atoms with E-state index in [0.29, 0.717) is 5.96 Å². The molecular formula is C14H18F3N3O. The number of para-hydroxylation sites is 1. The van der Waals surface area contributed by atoms with Gasteiger partial charge in [-0.05, 0) is 18.1 Å². The van der Waals surface area contributed by atoms with Crippen molar-refractivity contribution in [3.05, 3.63) is 29.8 Å². The first kappa shape index (κ1) is 15.6. The Labute approximate surface area is 121 Å². The SMILES string of the molecule is CN=C(NCCOCC(F)(F)F)N1CCc2ccccc21. The highest BCUT2D eigenvalue weighted by molar-refractivity contribution is 5.97. The van der Waals surface area contributed by atoms with Gasteiger partial charge in [-0.3, -0.25) is 4.99 Å². The Hall–Kier alpha value is -1.76. The lowest BCUT2D eigenvalue weighted by atomic mass is 10.2. The fourth-order valence-corrected chi connectivity index (χ4v) is 2.28. The normalized spacial score (nSPS) is 15.2. The molecule has 0 aromatic heterocycles. The van der Waals surface area contributed by atoms with Crippen molar-refractivity contribution >= 4 is 11.6 Å². The van der Waals surface area contributed by atoms with Crippen LogP contribution >= 0.6 is 0 Å². The number of alkyl halides is 3. The Morgan fingerprint density at radius 3 is 2.86 bits per heavy atom. The summed E-state index contributed by atoms with van der Waals surface area (Å²) in [6.45, 7) is -0.155. The molecular weight excluding hydrogens is 283 g/mol. The van der Waals surface area contributed by atoms with Gasteiger partial charge in [-0.15, -0.1) is 0 Å². The van der Waals surface area contributed by atoms with Gasteiger partial charge in [0.1, 0.15) is 6.61 Å². The number of nitrogens with zero attached hydrogens (tertiary/aromatic N) is 2. The van der Waals surface area contributed by atoms with Crippen molar-refractivity contribution in [1.29, 1.82) is 0 Å². The first-order valence-corrected chi connectivity index (χ1v) is 6.72. The number of nitrogens with one attached hydrogen (secondary N) is 1. The van der Waals surface area contributed by atoms with Crippen molar-refractivity contribution in [2.45, 2.75) is 12.6 Å². The number of fused-ring (bicyclic) bond motifs is 1. The Kier molecular flexibility index (Phi) is 5.06. The van der Waals surface area contributed by atoms with E-state index in [1.807, 2.05) is 23.1 Å². The van der Waals surface area contributed by atoms with Crippen LogP contribution in [0.2, 0.25) is 0 Å². The van der Waals surface area contributed by atoms with E-state index in [-0.39, 0.29) is 13.2 Å². The topological polar surface area (TPSA) is 36.9 Å². The molecule has 4 nitrogen and oxygen atoms in total. The van der Waals surface area contributed by atoms with Crippen LogP contribution in [0.4, 0.5) is 18.9 Å². The fourth-order valence-electron chi connectivity index (χ4n) is 2.28. The number of guanidine groups is 1. The molecule has 1 aliphatic heterocycles. The lowest BCUT2D eigenvalue weighted by Crippen LogP contribution is -2.42. The van der Waals surface area contributed by atoms with Gasteiger partial charge in [0.25, 0.3) is 0 Å². The molecule has 1 heterocycles. The number of rotatable bonds is 4. The van der Waals surface area contributed by atoms with E-state index >= 15 is 0 Å². The summed E-state index contributed by atoms with van der Waals surface area (Å²) in [4.78, 5) is 6.20. The van der Waals surface area contributed by atoms with Crippen LogP contribution in [-0.4, -0.2) is 45.5 Å². The van der Waals surface area contributed by atoms with Gasteiger partial charge < -0.3 is 15.0 Å². The summed E-state index contributed by atoms with van der Waals surface area (Å²) in [6.07, 6.45) is -3.35. The zero-order chi connectivity index (χ0) is 15.3. The number of hydrogen-bond donors (Lipinski definition) is 1. The number of ether oxygens (including phenoxy) is 1. The Bertz CT molecular complexity index is 502. The van der Waals surface area contributed by atoms with Crippen molar-refractivity contribution in [1.82, 2.24) is 5.32 Å². The summed E-state index contributed by atoms with van der Waals surface area (Å²) in [5.74, 6) is 0.649. The fraction of sp³-hybridized carbons (Fsp3) is 0.500. The molecule has 1 aromatic carbocycles. The highest BCUT2D eigenvalue weighted by Gasteiger charge is 2.27.